The number of ether oxygens (including phenoxy) is 1. The van der Waals surface area contributed by atoms with Crippen LogP contribution in [0.25, 0.3) is 0 Å². The minimum absolute atomic E-state index is 0.354. The minimum atomic E-state index is 0.354. The molecule has 13 heavy (non-hydrogen) atoms. The number of hydrogen-bond donors (Lipinski definition) is 1. The number of aryl methyl sites for hydroxylation is 1. The van der Waals surface area contributed by atoms with Gasteiger partial charge in [0.15, 0.2) is 0 Å². The minimum Gasteiger partial charge on any atom is -0.383 e. The molecule has 1 aromatic carbocycles. The SMILES string of the molecule is COCC(C)Nc1ccc(C)cc1. The molecule has 0 spiro atoms. The maximum atomic E-state index is 5.04. The van der Waals surface area contributed by atoms with Crippen LogP contribution in [-0.4, -0.2) is 19.8 Å². The molecule has 0 radical (unpaired) electrons. The van der Waals surface area contributed by atoms with Gasteiger partial charge in [0.1, 0.15) is 0 Å². The highest BCUT2D eigenvalue weighted by atomic mass is 16.5. The second-order valence-corrected chi connectivity index (χ2v) is 3.37. The summed E-state index contributed by atoms with van der Waals surface area (Å²) in [6.07, 6.45) is 0. The van der Waals surface area contributed by atoms with Crippen LogP contribution in [-0.2, 0) is 4.74 Å². The summed E-state index contributed by atoms with van der Waals surface area (Å²) in [5.41, 5.74) is 2.43. The van der Waals surface area contributed by atoms with Crippen LogP contribution in [0.2, 0.25) is 0 Å². The zero-order valence-electron chi connectivity index (χ0n) is 8.50. The van der Waals surface area contributed by atoms with Crippen molar-refractivity contribution in [2.45, 2.75) is 19.9 Å². The van der Waals surface area contributed by atoms with Crippen molar-refractivity contribution in [2.75, 3.05) is 19.0 Å². The van der Waals surface area contributed by atoms with Gasteiger partial charge in [-0.05, 0) is 26.0 Å². The van der Waals surface area contributed by atoms with Crippen LogP contribution in [0, 0.1) is 6.92 Å². The lowest BCUT2D eigenvalue weighted by atomic mass is 10.2. The number of hydrogen-bond acceptors (Lipinski definition) is 2. The van der Waals surface area contributed by atoms with Crippen LogP contribution >= 0.6 is 0 Å². The third-order valence-corrected chi connectivity index (χ3v) is 1.88. The van der Waals surface area contributed by atoms with E-state index in [4.69, 9.17) is 4.74 Å². The number of nitrogens with one attached hydrogen (secondary N) is 1. The highest BCUT2D eigenvalue weighted by molar-refractivity contribution is 5.45. The van der Waals surface area contributed by atoms with E-state index in [2.05, 4.69) is 43.4 Å². The Morgan fingerprint density at radius 3 is 2.46 bits per heavy atom. The Morgan fingerprint density at radius 2 is 1.92 bits per heavy atom. The molecule has 0 aliphatic carbocycles. The Hall–Kier alpha value is -1.02. The highest BCUT2D eigenvalue weighted by Crippen LogP contribution is 2.09. The van der Waals surface area contributed by atoms with Gasteiger partial charge in [0.2, 0.25) is 0 Å². The molecule has 72 valence electrons. The molecule has 0 aliphatic heterocycles. The molecule has 0 saturated heterocycles. The fourth-order valence-electron chi connectivity index (χ4n) is 1.23. The lowest BCUT2D eigenvalue weighted by molar-refractivity contribution is 0.190. The third kappa shape index (κ3) is 3.47. The molecule has 0 fully saturated rings. The van der Waals surface area contributed by atoms with Crippen LogP contribution in [0.3, 0.4) is 0 Å². The summed E-state index contributed by atoms with van der Waals surface area (Å²) in [5.74, 6) is 0. The fourth-order valence-corrected chi connectivity index (χ4v) is 1.23. The Balaban J connectivity index is 2.49. The molecule has 0 bridgehead atoms. The number of anilines is 1. The molecule has 2 nitrogen and oxygen atoms in total. The van der Waals surface area contributed by atoms with E-state index in [9.17, 15) is 0 Å². The van der Waals surface area contributed by atoms with Crippen LogP contribution in [0.1, 0.15) is 12.5 Å². The Kier molecular flexibility index (Phi) is 3.77. The monoisotopic (exact) mass is 179 g/mol. The van der Waals surface area contributed by atoms with Gasteiger partial charge in [-0.25, -0.2) is 0 Å². The van der Waals surface area contributed by atoms with Crippen molar-refractivity contribution in [2.24, 2.45) is 0 Å². The molecule has 1 unspecified atom stereocenters. The van der Waals surface area contributed by atoms with E-state index in [1.54, 1.807) is 7.11 Å². The van der Waals surface area contributed by atoms with Crippen molar-refractivity contribution < 1.29 is 4.74 Å². The second kappa shape index (κ2) is 4.87. The topological polar surface area (TPSA) is 21.3 Å². The molecule has 0 amide bonds. The van der Waals surface area contributed by atoms with Gasteiger partial charge in [-0.3, -0.25) is 0 Å². The third-order valence-electron chi connectivity index (χ3n) is 1.88. The molecular formula is C11H17NO. The van der Waals surface area contributed by atoms with Crippen molar-refractivity contribution in [1.82, 2.24) is 0 Å². The normalized spacial score (nSPS) is 12.5. The number of rotatable bonds is 4. The van der Waals surface area contributed by atoms with Crippen LogP contribution in [0.4, 0.5) is 5.69 Å². The Bertz CT molecular complexity index is 243. The first-order valence-electron chi connectivity index (χ1n) is 4.54. The van der Waals surface area contributed by atoms with E-state index in [0.717, 1.165) is 12.3 Å². The van der Waals surface area contributed by atoms with Gasteiger partial charge in [-0.2, -0.15) is 0 Å². The molecule has 1 aromatic rings. The van der Waals surface area contributed by atoms with Gasteiger partial charge >= 0.3 is 0 Å². The standard InChI is InChI=1S/C11H17NO/c1-9-4-6-11(7-5-9)12-10(2)8-13-3/h4-7,10,12H,8H2,1-3H3. The van der Waals surface area contributed by atoms with Gasteiger partial charge in [0.05, 0.1) is 6.61 Å². The van der Waals surface area contributed by atoms with Crippen LogP contribution in [0.5, 0.6) is 0 Å². The van der Waals surface area contributed by atoms with Crippen LogP contribution < -0.4 is 5.32 Å². The average Bonchev–Trinajstić information content (AvgIpc) is 2.09. The van der Waals surface area contributed by atoms with Crippen molar-refractivity contribution in [3.8, 4) is 0 Å². The Morgan fingerprint density at radius 1 is 1.31 bits per heavy atom. The summed E-state index contributed by atoms with van der Waals surface area (Å²) in [6.45, 7) is 4.92. The molecule has 1 N–H and O–H groups in total. The van der Waals surface area contributed by atoms with Gasteiger partial charge < -0.3 is 10.1 Å². The zero-order valence-corrected chi connectivity index (χ0v) is 8.50. The summed E-state index contributed by atoms with van der Waals surface area (Å²) >= 11 is 0. The summed E-state index contributed by atoms with van der Waals surface area (Å²) in [7, 11) is 1.72. The average molecular weight is 179 g/mol. The largest absolute Gasteiger partial charge is 0.383 e. The first-order valence-corrected chi connectivity index (χ1v) is 4.54. The van der Waals surface area contributed by atoms with E-state index < -0.39 is 0 Å². The number of methoxy groups -OCH3 is 1. The van der Waals surface area contributed by atoms with E-state index in [0.29, 0.717) is 6.04 Å². The van der Waals surface area contributed by atoms with Gasteiger partial charge in [0, 0.05) is 18.8 Å². The summed E-state index contributed by atoms with van der Waals surface area (Å²) < 4.78 is 5.04. The second-order valence-electron chi connectivity index (χ2n) is 3.37. The maximum Gasteiger partial charge on any atom is 0.0661 e. The molecule has 1 rings (SSSR count). The molecule has 1 atom stereocenters. The fraction of sp³-hybridized carbons (Fsp3) is 0.455. The number of benzene rings is 1. The molecular weight excluding hydrogens is 162 g/mol. The highest BCUT2D eigenvalue weighted by Gasteiger charge is 1.99. The molecule has 0 aromatic heterocycles. The quantitative estimate of drug-likeness (QED) is 0.766. The summed E-state index contributed by atoms with van der Waals surface area (Å²) in [5, 5.41) is 3.34. The van der Waals surface area contributed by atoms with E-state index in [1.807, 2.05) is 0 Å². The van der Waals surface area contributed by atoms with Crippen LogP contribution in [0.15, 0.2) is 24.3 Å². The van der Waals surface area contributed by atoms with Gasteiger partial charge in [-0.15, -0.1) is 0 Å². The summed E-state index contributed by atoms with van der Waals surface area (Å²) in [4.78, 5) is 0. The van der Waals surface area contributed by atoms with Gasteiger partial charge in [-0.1, -0.05) is 17.7 Å². The predicted molar refractivity (Wildman–Crippen MR) is 56.1 cm³/mol. The lowest BCUT2D eigenvalue weighted by Crippen LogP contribution is -2.20. The molecule has 0 aliphatic rings. The smallest absolute Gasteiger partial charge is 0.0661 e. The van der Waals surface area contributed by atoms with Crippen molar-refractivity contribution in [3.05, 3.63) is 29.8 Å². The molecule has 0 saturated carbocycles. The predicted octanol–water partition coefficient (Wildman–Crippen LogP) is 2.44. The van der Waals surface area contributed by atoms with E-state index in [1.165, 1.54) is 5.56 Å². The lowest BCUT2D eigenvalue weighted by Gasteiger charge is -2.13. The van der Waals surface area contributed by atoms with Crippen molar-refractivity contribution in [3.63, 3.8) is 0 Å². The van der Waals surface area contributed by atoms with E-state index >= 15 is 0 Å². The van der Waals surface area contributed by atoms with Crippen molar-refractivity contribution in [1.29, 1.82) is 0 Å². The van der Waals surface area contributed by atoms with Gasteiger partial charge in [0.25, 0.3) is 0 Å². The summed E-state index contributed by atoms with van der Waals surface area (Å²) in [6, 6.07) is 8.72. The Labute approximate surface area is 79.9 Å². The maximum absolute atomic E-state index is 5.04. The molecule has 2 heteroatoms. The molecule has 0 heterocycles. The zero-order chi connectivity index (χ0) is 9.68. The first-order chi connectivity index (χ1) is 6.22. The van der Waals surface area contributed by atoms with Crippen molar-refractivity contribution >= 4 is 5.69 Å². The van der Waals surface area contributed by atoms with E-state index in [-0.39, 0.29) is 0 Å². The first kappa shape index (κ1) is 10.1.